The van der Waals surface area contributed by atoms with Gasteiger partial charge in [-0.2, -0.15) is 16.9 Å². The average molecular weight is 517 g/mol. The van der Waals surface area contributed by atoms with Crippen LogP contribution in [0.4, 0.5) is 11.5 Å². The monoisotopic (exact) mass is 516 g/mol. The van der Waals surface area contributed by atoms with Gasteiger partial charge in [0.25, 0.3) is 0 Å². The summed E-state index contributed by atoms with van der Waals surface area (Å²) in [5, 5.41) is 5.83. The summed E-state index contributed by atoms with van der Waals surface area (Å²) in [6.07, 6.45) is 3.73. The lowest BCUT2D eigenvalue weighted by Gasteiger charge is -2.33. The molecular weight excluding hydrogens is 488 g/mol. The number of carbonyl (C=O) groups excluding carboxylic acids is 1. The van der Waals surface area contributed by atoms with E-state index in [2.05, 4.69) is 22.6 Å². The molecule has 2 aromatic heterocycles. The fourth-order valence-corrected chi connectivity index (χ4v) is 5.83. The Morgan fingerprint density at radius 1 is 1.19 bits per heavy atom. The van der Waals surface area contributed by atoms with Gasteiger partial charge < -0.3 is 20.1 Å². The molecule has 10 heteroatoms. The van der Waals surface area contributed by atoms with Crippen LogP contribution in [-0.4, -0.2) is 57.4 Å². The number of fused-ring (bicyclic) bond motifs is 2. The third-order valence-corrected chi connectivity index (χ3v) is 7.63. The Hall–Kier alpha value is -4.05. The molecule has 0 radical (unpaired) electrons. The molecule has 0 spiro atoms. The van der Waals surface area contributed by atoms with Gasteiger partial charge in [-0.15, -0.1) is 0 Å². The highest BCUT2D eigenvalue weighted by atomic mass is 32.2. The summed E-state index contributed by atoms with van der Waals surface area (Å²) in [6, 6.07) is 13.7. The normalized spacial score (nSPS) is 14.9. The third kappa shape index (κ3) is 4.72. The fourth-order valence-electron chi connectivity index (χ4n) is 4.67. The molecule has 37 heavy (non-hydrogen) atoms. The summed E-state index contributed by atoms with van der Waals surface area (Å²) in [5.74, 6) is 2.31. The lowest BCUT2D eigenvalue weighted by molar-refractivity contribution is -0.114. The van der Waals surface area contributed by atoms with E-state index in [-0.39, 0.29) is 11.2 Å². The van der Waals surface area contributed by atoms with Gasteiger partial charge in [0.15, 0.2) is 17.1 Å². The number of nitrogens with two attached hydrogens (primary N) is 1. The Balaban J connectivity index is 1.38. The van der Waals surface area contributed by atoms with Crippen LogP contribution in [0, 0.1) is 0 Å². The Bertz CT molecular complexity index is 1470. The zero-order valence-corrected chi connectivity index (χ0v) is 21.6. The van der Waals surface area contributed by atoms with Crippen molar-refractivity contribution in [3.05, 3.63) is 67.0 Å². The first-order chi connectivity index (χ1) is 18.0. The van der Waals surface area contributed by atoms with Crippen LogP contribution in [0.25, 0.3) is 22.3 Å². The van der Waals surface area contributed by atoms with Crippen LogP contribution in [0.2, 0.25) is 0 Å². The quantitative estimate of drug-likeness (QED) is 0.351. The van der Waals surface area contributed by atoms with Gasteiger partial charge in [0.2, 0.25) is 5.91 Å². The smallest absolute Gasteiger partial charge is 0.250 e. The number of nitrogens with zero attached hydrogens (tertiary/aromatic N) is 5. The van der Waals surface area contributed by atoms with Crippen molar-refractivity contribution in [3.63, 3.8) is 0 Å². The van der Waals surface area contributed by atoms with Gasteiger partial charge in [-0.3, -0.25) is 4.79 Å². The Kier molecular flexibility index (Phi) is 7.00. The minimum atomic E-state index is -0.0810. The fraction of sp³-hybridized carbons (Fsp3) is 0.259. The molecule has 3 heterocycles. The molecule has 0 fully saturated rings. The van der Waals surface area contributed by atoms with Gasteiger partial charge in [0.05, 0.1) is 26.2 Å². The highest BCUT2D eigenvalue weighted by Gasteiger charge is 2.27. The van der Waals surface area contributed by atoms with Crippen LogP contribution in [0.15, 0.2) is 61.4 Å². The van der Waals surface area contributed by atoms with E-state index in [0.29, 0.717) is 47.1 Å². The maximum atomic E-state index is 12.5. The molecule has 0 aliphatic carbocycles. The minimum absolute atomic E-state index is 0.0810. The van der Waals surface area contributed by atoms with E-state index in [4.69, 9.17) is 20.3 Å². The second-order valence-corrected chi connectivity index (χ2v) is 9.99. The van der Waals surface area contributed by atoms with Gasteiger partial charge in [-0.25, -0.2) is 14.6 Å². The first-order valence-corrected chi connectivity index (χ1v) is 12.9. The number of methoxy groups -OCH3 is 2. The van der Waals surface area contributed by atoms with Crippen molar-refractivity contribution < 1.29 is 14.3 Å². The van der Waals surface area contributed by atoms with Crippen molar-refractivity contribution >= 4 is 40.2 Å². The van der Waals surface area contributed by atoms with Crippen molar-refractivity contribution in [3.8, 4) is 22.8 Å². The number of thioether (sulfide) groups is 1. The highest BCUT2D eigenvalue weighted by molar-refractivity contribution is 7.99. The number of nitrogen functional groups attached to an aromatic ring is 1. The first-order valence-electron chi connectivity index (χ1n) is 11.9. The summed E-state index contributed by atoms with van der Waals surface area (Å²) in [4.78, 5) is 23.0. The maximum absolute atomic E-state index is 12.5. The topological polar surface area (TPSA) is 108 Å². The van der Waals surface area contributed by atoms with Crippen molar-refractivity contribution in [2.45, 2.75) is 18.2 Å². The standard InChI is InChI=1S/C27H28N6O3S/c1-4-23(34)32-15-19(13-17-7-5-6-8-20(17)32)37-12-11-33-27-24(26(28)29-16-30-27)25(31-33)18-9-10-21(35-2)22(14-18)36-3/h4-10,14,16,19H,1,11-13,15H2,2-3H3,(H2,28,29,30). The highest BCUT2D eigenvalue weighted by Crippen LogP contribution is 2.36. The second-order valence-electron chi connectivity index (χ2n) is 8.58. The van der Waals surface area contributed by atoms with Crippen molar-refractivity contribution in [1.29, 1.82) is 0 Å². The van der Waals surface area contributed by atoms with Crippen LogP contribution < -0.4 is 20.1 Å². The number of hydrogen-bond acceptors (Lipinski definition) is 8. The number of ether oxygens (including phenoxy) is 2. The van der Waals surface area contributed by atoms with E-state index in [1.807, 2.05) is 57.7 Å². The molecule has 190 valence electrons. The first kappa shape index (κ1) is 24.6. The van der Waals surface area contributed by atoms with E-state index in [9.17, 15) is 4.79 Å². The number of aromatic nitrogens is 4. The Labute approximate surface area is 219 Å². The van der Waals surface area contributed by atoms with Crippen LogP contribution in [-0.2, 0) is 17.8 Å². The van der Waals surface area contributed by atoms with E-state index in [1.165, 1.54) is 18.0 Å². The average Bonchev–Trinajstić information content (AvgIpc) is 3.31. The summed E-state index contributed by atoms with van der Waals surface area (Å²) in [7, 11) is 3.20. The molecule has 0 saturated carbocycles. The SMILES string of the molecule is C=CC(=O)N1CC(SCCn2nc(-c3ccc(OC)c(OC)c3)c3c(N)ncnc32)Cc2ccccc21. The van der Waals surface area contributed by atoms with E-state index in [1.54, 1.807) is 14.2 Å². The van der Waals surface area contributed by atoms with E-state index < -0.39 is 0 Å². The Morgan fingerprint density at radius 2 is 2.00 bits per heavy atom. The molecule has 1 unspecified atom stereocenters. The van der Waals surface area contributed by atoms with Crippen molar-refractivity contribution in [2.75, 3.05) is 37.2 Å². The zero-order valence-electron chi connectivity index (χ0n) is 20.8. The molecule has 0 saturated heterocycles. The number of benzene rings is 2. The lowest BCUT2D eigenvalue weighted by atomic mass is 10.0. The molecular formula is C27H28N6O3S. The maximum Gasteiger partial charge on any atom is 0.250 e. The predicted molar refractivity (Wildman–Crippen MR) is 147 cm³/mol. The van der Waals surface area contributed by atoms with Crippen LogP contribution in [0.5, 0.6) is 11.5 Å². The minimum Gasteiger partial charge on any atom is -0.493 e. The molecule has 0 bridgehead atoms. The molecule has 9 nitrogen and oxygen atoms in total. The molecule has 2 N–H and O–H groups in total. The number of rotatable bonds is 8. The van der Waals surface area contributed by atoms with Crippen LogP contribution >= 0.6 is 11.8 Å². The van der Waals surface area contributed by atoms with Gasteiger partial charge in [-0.1, -0.05) is 24.8 Å². The molecule has 2 aromatic carbocycles. The van der Waals surface area contributed by atoms with Gasteiger partial charge in [0.1, 0.15) is 17.8 Å². The van der Waals surface area contributed by atoms with E-state index in [0.717, 1.165) is 23.4 Å². The Morgan fingerprint density at radius 3 is 2.78 bits per heavy atom. The predicted octanol–water partition coefficient (Wildman–Crippen LogP) is 3.97. The summed E-state index contributed by atoms with van der Waals surface area (Å²) >= 11 is 1.82. The van der Waals surface area contributed by atoms with Gasteiger partial charge in [0, 0.05) is 28.8 Å². The number of amides is 1. The third-order valence-electron chi connectivity index (χ3n) is 6.43. The molecule has 1 amide bonds. The summed E-state index contributed by atoms with van der Waals surface area (Å²) < 4.78 is 12.7. The van der Waals surface area contributed by atoms with Crippen LogP contribution in [0.1, 0.15) is 5.56 Å². The van der Waals surface area contributed by atoms with Crippen molar-refractivity contribution in [2.24, 2.45) is 0 Å². The molecule has 1 atom stereocenters. The van der Waals surface area contributed by atoms with Crippen LogP contribution in [0.3, 0.4) is 0 Å². The number of aryl methyl sites for hydroxylation is 1. The zero-order chi connectivity index (χ0) is 25.9. The lowest BCUT2D eigenvalue weighted by Crippen LogP contribution is -2.40. The van der Waals surface area contributed by atoms with Crippen molar-refractivity contribution in [1.82, 2.24) is 19.7 Å². The summed E-state index contributed by atoms with van der Waals surface area (Å²) in [5.41, 5.74) is 10.6. The number of carbonyl (C=O) groups is 1. The van der Waals surface area contributed by atoms with E-state index >= 15 is 0 Å². The summed E-state index contributed by atoms with van der Waals surface area (Å²) in [6.45, 7) is 4.93. The number of para-hydroxylation sites is 1. The molecule has 4 aromatic rings. The second kappa shape index (κ2) is 10.5. The number of hydrogen-bond donors (Lipinski definition) is 1. The molecule has 1 aliphatic heterocycles. The molecule has 5 rings (SSSR count). The largest absolute Gasteiger partial charge is 0.493 e. The van der Waals surface area contributed by atoms with Gasteiger partial charge in [-0.05, 0) is 42.3 Å². The molecule has 1 aliphatic rings. The number of anilines is 2. The van der Waals surface area contributed by atoms with Gasteiger partial charge >= 0.3 is 0 Å².